The summed E-state index contributed by atoms with van der Waals surface area (Å²) >= 11 is 0. The standard InChI is InChI=1S/C25H32N2O6S.C3H8.C2H6/c1-4-5-11-22(16-27(18-28)33-17-20-9-7-6-8-10-20)25(30)26-19(2)24(29)21-12-14-23(15-13-21)34(3,31)32;1-3-2;1-2/h6-10,12-15,18-19,22H,4-5,11,16-17H2,1-3H3,(H,26,30);3H2,1-2H3;1-2H3. The number of unbranched alkanes of at least 4 members (excludes halogenated alkanes) is 1. The first-order valence-corrected chi connectivity index (χ1v) is 15.5. The number of benzene rings is 2. The molecule has 2 unspecified atom stereocenters. The Labute approximate surface area is 235 Å². The van der Waals surface area contributed by atoms with Gasteiger partial charge in [-0.15, -0.1) is 0 Å². The minimum absolute atomic E-state index is 0.0616. The number of sulfone groups is 1. The number of amides is 2. The average Bonchev–Trinajstić information content (AvgIpc) is 2.94. The number of hydroxylamine groups is 2. The minimum Gasteiger partial charge on any atom is -0.346 e. The molecule has 0 aliphatic heterocycles. The van der Waals surface area contributed by atoms with Crippen LogP contribution in [0.1, 0.15) is 83.1 Å². The lowest BCUT2D eigenvalue weighted by Gasteiger charge is -2.24. The van der Waals surface area contributed by atoms with E-state index in [2.05, 4.69) is 19.2 Å². The van der Waals surface area contributed by atoms with Crippen LogP contribution in [0.4, 0.5) is 0 Å². The van der Waals surface area contributed by atoms with Crippen molar-refractivity contribution in [1.82, 2.24) is 10.4 Å². The lowest BCUT2D eigenvalue weighted by atomic mass is 9.99. The molecule has 9 heteroatoms. The number of nitrogens with zero attached hydrogens (tertiary/aromatic N) is 1. The highest BCUT2D eigenvalue weighted by Crippen LogP contribution is 2.15. The quantitative estimate of drug-likeness (QED) is 0.182. The van der Waals surface area contributed by atoms with E-state index in [1.54, 1.807) is 6.92 Å². The SMILES string of the molecule is CC.CCC.CCCCC(CN(C=O)OCc1ccccc1)C(=O)NC(C)C(=O)c1ccc(S(C)(=O)=O)cc1. The van der Waals surface area contributed by atoms with E-state index in [1.165, 1.54) is 30.7 Å². The van der Waals surface area contributed by atoms with Crippen LogP contribution in [0.15, 0.2) is 59.5 Å². The van der Waals surface area contributed by atoms with E-state index in [1.807, 2.05) is 51.1 Å². The summed E-state index contributed by atoms with van der Waals surface area (Å²) < 4.78 is 23.2. The van der Waals surface area contributed by atoms with Gasteiger partial charge in [0.1, 0.15) is 6.61 Å². The molecule has 0 heterocycles. The van der Waals surface area contributed by atoms with Crippen molar-refractivity contribution in [2.45, 2.75) is 84.8 Å². The van der Waals surface area contributed by atoms with Crippen molar-refractivity contribution in [3.63, 3.8) is 0 Å². The third-order valence-corrected chi connectivity index (χ3v) is 6.48. The van der Waals surface area contributed by atoms with E-state index in [0.717, 1.165) is 29.7 Å². The summed E-state index contributed by atoms with van der Waals surface area (Å²) in [5.41, 5.74) is 1.19. The molecule has 0 saturated heterocycles. The molecule has 2 aromatic carbocycles. The van der Waals surface area contributed by atoms with E-state index < -0.39 is 21.8 Å². The fourth-order valence-corrected chi connectivity index (χ4v) is 3.97. The summed E-state index contributed by atoms with van der Waals surface area (Å²) in [7, 11) is -3.37. The molecule has 2 aromatic rings. The van der Waals surface area contributed by atoms with Crippen LogP contribution in [0.25, 0.3) is 0 Å². The molecule has 0 radical (unpaired) electrons. The molecule has 218 valence electrons. The van der Waals surface area contributed by atoms with Gasteiger partial charge in [0.2, 0.25) is 12.3 Å². The summed E-state index contributed by atoms with van der Waals surface area (Å²) in [6, 6.07) is 14.1. The molecule has 0 aromatic heterocycles. The van der Waals surface area contributed by atoms with Crippen LogP contribution in [0, 0.1) is 5.92 Å². The molecule has 1 N–H and O–H groups in total. The molecule has 0 aliphatic rings. The van der Waals surface area contributed by atoms with Gasteiger partial charge in [0.15, 0.2) is 15.6 Å². The summed E-state index contributed by atoms with van der Waals surface area (Å²) in [5.74, 6) is -1.24. The van der Waals surface area contributed by atoms with Crippen LogP contribution in [-0.2, 0) is 30.9 Å². The third-order valence-electron chi connectivity index (χ3n) is 5.35. The van der Waals surface area contributed by atoms with Crippen LogP contribution < -0.4 is 5.32 Å². The lowest BCUT2D eigenvalue weighted by Crippen LogP contribution is -2.45. The number of rotatable bonds is 14. The number of hydrogen-bond acceptors (Lipinski definition) is 6. The molecule has 2 rings (SSSR count). The number of nitrogens with one attached hydrogen (secondary N) is 1. The first-order valence-electron chi connectivity index (χ1n) is 13.6. The third kappa shape index (κ3) is 14.1. The molecular weight excluding hydrogens is 516 g/mol. The van der Waals surface area contributed by atoms with Gasteiger partial charge in [-0.05, 0) is 31.0 Å². The molecule has 2 amide bonds. The summed E-state index contributed by atoms with van der Waals surface area (Å²) in [6.45, 7) is 12.1. The van der Waals surface area contributed by atoms with Gasteiger partial charge in [0.05, 0.1) is 23.4 Å². The zero-order valence-corrected chi connectivity index (χ0v) is 25.3. The predicted octanol–water partition coefficient (Wildman–Crippen LogP) is 5.62. The Morgan fingerprint density at radius 2 is 1.56 bits per heavy atom. The van der Waals surface area contributed by atoms with E-state index in [0.29, 0.717) is 18.4 Å². The average molecular weight is 563 g/mol. The Hall–Kier alpha value is -3.04. The Morgan fingerprint density at radius 1 is 1.00 bits per heavy atom. The van der Waals surface area contributed by atoms with Gasteiger partial charge in [-0.25, -0.2) is 13.5 Å². The van der Waals surface area contributed by atoms with E-state index >= 15 is 0 Å². The maximum absolute atomic E-state index is 13.0. The topological polar surface area (TPSA) is 110 Å². The molecule has 39 heavy (non-hydrogen) atoms. The Kier molecular flexibility index (Phi) is 18.4. The van der Waals surface area contributed by atoms with Crippen LogP contribution in [0.3, 0.4) is 0 Å². The highest BCUT2D eigenvalue weighted by Gasteiger charge is 2.25. The van der Waals surface area contributed by atoms with Gasteiger partial charge < -0.3 is 5.32 Å². The Morgan fingerprint density at radius 3 is 2.05 bits per heavy atom. The molecular formula is C30H46N2O6S. The molecule has 0 spiro atoms. The Bertz CT molecular complexity index is 1070. The number of carbonyl (C=O) groups is 3. The number of Topliss-reactive ketones (excluding diaryl/α,β-unsaturated/α-hetero) is 1. The molecule has 0 bridgehead atoms. The van der Waals surface area contributed by atoms with Crippen molar-refractivity contribution in [2.24, 2.45) is 5.92 Å². The van der Waals surface area contributed by atoms with E-state index in [-0.39, 0.29) is 29.7 Å². The van der Waals surface area contributed by atoms with Crippen molar-refractivity contribution in [3.8, 4) is 0 Å². The second-order valence-corrected chi connectivity index (χ2v) is 10.9. The smallest absolute Gasteiger partial charge is 0.233 e. The van der Waals surface area contributed by atoms with Gasteiger partial charge in [0.25, 0.3) is 0 Å². The zero-order chi connectivity index (χ0) is 29.8. The van der Waals surface area contributed by atoms with Gasteiger partial charge in [-0.1, -0.05) is 96.3 Å². The number of carbonyl (C=O) groups excluding carboxylic acids is 3. The van der Waals surface area contributed by atoms with Crippen molar-refractivity contribution >= 4 is 27.9 Å². The van der Waals surface area contributed by atoms with E-state index in [9.17, 15) is 22.8 Å². The maximum atomic E-state index is 13.0. The zero-order valence-electron chi connectivity index (χ0n) is 24.5. The van der Waals surface area contributed by atoms with Crippen LogP contribution in [0.5, 0.6) is 0 Å². The normalized spacial score (nSPS) is 12.0. The van der Waals surface area contributed by atoms with Gasteiger partial charge in [0, 0.05) is 11.8 Å². The predicted molar refractivity (Wildman–Crippen MR) is 156 cm³/mol. The van der Waals surface area contributed by atoms with Crippen LogP contribution >= 0.6 is 0 Å². The fraction of sp³-hybridized carbons (Fsp3) is 0.500. The van der Waals surface area contributed by atoms with Crippen LogP contribution in [0.2, 0.25) is 0 Å². The number of hydrogen-bond donors (Lipinski definition) is 1. The molecule has 8 nitrogen and oxygen atoms in total. The first-order chi connectivity index (χ1) is 18.6. The highest BCUT2D eigenvalue weighted by atomic mass is 32.2. The maximum Gasteiger partial charge on any atom is 0.233 e. The minimum atomic E-state index is -3.37. The fourth-order valence-electron chi connectivity index (χ4n) is 3.34. The van der Waals surface area contributed by atoms with Crippen molar-refractivity contribution in [2.75, 3.05) is 12.8 Å². The first kappa shape index (κ1) is 36.0. The summed E-state index contributed by atoms with van der Waals surface area (Å²) in [5, 5.41) is 3.84. The summed E-state index contributed by atoms with van der Waals surface area (Å²) in [6.07, 6.45) is 5.07. The molecule has 0 saturated carbocycles. The largest absolute Gasteiger partial charge is 0.346 e. The second kappa shape index (κ2) is 19.9. The summed E-state index contributed by atoms with van der Waals surface area (Å²) in [4.78, 5) is 43.0. The molecule has 0 fully saturated rings. The Balaban J connectivity index is 0.00000269. The van der Waals surface area contributed by atoms with Gasteiger partial charge in [-0.2, -0.15) is 0 Å². The monoisotopic (exact) mass is 562 g/mol. The van der Waals surface area contributed by atoms with Crippen molar-refractivity contribution < 1.29 is 27.6 Å². The van der Waals surface area contributed by atoms with E-state index in [4.69, 9.17) is 4.84 Å². The lowest BCUT2D eigenvalue weighted by molar-refractivity contribution is -0.182. The number of ketones is 1. The van der Waals surface area contributed by atoms with Gasteiger partial charge >= 0.3 is 0 Å². The molecule has 0 aliphatic carbocycles. The second-order valence-electron chi connectivity index (χ2n) is 8.90. The van der Waals surface area contributed by atoms with Crippen molar-refractivity contribution in [3.05, 3.63) is 65.7 Å². The highest BCUT2D eigenvalue weighted by molar-refractivity contribution is 7.90. The molecule has 2 atom stereocenters. The van der Waals surface area contributed by atoms with Crippen molar-refractivity contribution in [1.29, 1.82) is 0 Å². The van der Waals surface area contributed by atoms with Gasteiger partial charge in [-0.3, -0.25) is 19.2 Å². The van der Waals surface area contributed by atoms with Crippen LogP contribution in [-0.4, -0.2) is 50.4 Å².